The minimum Gasteiger partial charge on any atom is -0.306 e. The standard InChI is InChI=1S/C9H16BrNO/c1-7(12)9(10)8-4-3-5-11(2)6-8/h8-9H,3-6H2,1-2H3. The van der Waals surface area contributed by atoms with Crippen molar-refractivity contribution in [1.82, 2.24) is 4.90 Å². The van der Waals surface area contributed by atoms with Crippen LogP contribution in [0.2, 0.25) is 0 Å². The molecule has 0 bridgehead atoms. The van der Waals surface area contributed by atoms with Crippen molar-refractivity contribution < 1.29 is 4.79 Å². The predicted octanol–water partition coefficient (Wildman–Crippen LogP) is 1.68. The van der Waals surface area contributed by atoms with Crippen LogP contribution in [0, 0.1) is 5.92 Å². The predicted molar refractivity (Wildman–Crippen MR) is 53.6 cm³/mol. The number of rotatable bonds is 2. The van der Waals surface area contributed by atoms with E-state index in [1.807, 2.05) is 0 Å². The number of hydrogen-bond acceptors (Lipinski definition) is 2. The molecule has 0 radical (unpaired) electrons. The number of carbonyl (C=O) groups is 1. The average Bonchev–Trinajstić information content (AvgIpc) is 2.03. The second-order valence-electron chi connectivity index (χ2n) is 3.68. The lowest BCUT2D eigenvalue weighted by Gasteiger charge is -2.31. The van der Waals surface area contributed by atoms with Crippen molar-refractivity contribution >= 4 is 21.7 Å². The Labute approximate surface area is 82.4 Å². The molecule has 1 fully saturated rings. The first-order chi connectivity index (χ1) is 5.61. The van der Waals surface area contributed by atoms with Crippen LogP contribution >= 0.6 is 15.9 Å². The van der Waals surface area contributed by atoms with Crippen molar-refractivity contribution in [2.75, 3.05) is 20.1 Å². The molecular weight excluding hydrogens is 218 g/mol. The molecule has 0 aromatic carbocycles. The highest BCUT2D eigenvalue weighted by Crippen LogP contribution is 2.24. The molecule has 12 heavy (non-hydrogen) atoms. The van der Waals surface area contributed by atoms with E-state index in [1.54, 1.807) is 6.92 Å². The van der Waals surface area contributed by atoms with E-state index in [0.717, 1.165) is 6.54 Å². The molecule has 0 aromatic rings. The summed E-state index contributed by atoms with van der Waals surface area (Å²) in [6.07, 6.45) is 2.40. The molecular formula is C9H16BrNO. The van der Waals surface area contributed by atoms with E-state index in [2.05, 4.69) is 27.9 Å². The summed E-state index contributed by atoms with van der Waals surface area (Å²) in [5, 5.41) is 0. The van der Waals surface area contributed by atoms with Gasteiger partial charge in [-0.25, -0.2) is 0 Å². The van der Waals surface area contributed by atoms with Gasteiger partial charge in [0.25, 0.3) is 0 Å². The Morgan fingerprint density at radius 3 is 2.83 bits per heavy atom. The first kappa shape index (κ1) is 10.2. The number of Topliss-reactive ketones (excluding diaryl/α,β-unsaturated/α-hetero) is 1. The fourth-order valence-electron chi connectivity index (χ4n) is 1.78. The van der Waals surface area contributed by atoms with Crippen molar-refractivity contribution in [3.8, 4) is 0 Å². The van der Waals surface area contributed by atoms with Crippen molar-refractivity contribution in [1.29, 1.82) is 0 Å². The largest absolute Gasteiger partial charge is 0.306 e. The molecule has 0 N–H and O–H groups in total. The van der Waals surface area contributed by atoms with Gasteiger partial charge in [-0.05, 0) is 39.3 Å². The monoisotopic (exact) mass is 233 g/mol. The first-order valence-electron chi connectivity index (χ1n) is 4.44. The second-order valence-corrected chi connectivity index (χ2v) is 4.66. The van der Waals surface area contributed by atoms with Crippen molar-refractivity contribution in [3.63, 3.8) is 0 Å². The normalized spacial score (nSPS) is 28.4. The molecule has 1 saturated heterocycles. The number of likely N-dealkylation sites (tertiary alicyclic amines) is 1. The van der Waals surface area contributed by atoms with Gasteiger partial charge in [0.15, 0.2) is 0 Å². The van der Waals surface area contributed by atoms with Crippen molar-refractivity contribution in [3.05, 3.63) is 0 Å². The summed E-state index contributed by atoms with van der Waals surface area (Å²) in [6, 6.07) is 0. The second kappa shape index (κ2) is 4.38. The zero-order valence-corrected chi connectivity index (χ0v) is 9.30. The van der Waals surface area contributed by atoms with Crippen LogP contribution in [0.4, 0.5) is 0 Å². The number of nitrogens with zero attached hydrogens (tertiary/aromatic N) is 1. The third-order valence-electron chi connectivity index (χ3n) is 2.46. The van der Waals surface area contributed by atoms with E-state index in [0.29, 0.717) is 5.92 Å². The van der Waals surface area contributed by atoms with E-state index < -0.39 is 0 Å². The molecule has 1 aliphatic rings. The van der Waals surface area contributed by atoms with Gasteiger partial charge in [0.2, 0.25) is 0 Å². The topological polar surface area (TPSA) is 20.3 Å². The number of piperidine rings is 1. The van der Waals surface area contributed by atoms with Crippen LogP contribution in [-0.4, -0.2) is 35.6 Å². The maximum Gasteiger partial charge on any atom is 0.143 e. The van der Waals surface area contributed by atoms with Gasteiger partial charge in [0.05, 0.1) is 4.83 Å². The van der Waals surface area contributed by atoms with Crippen LogP contribution in [0.5, 0.6) is 0 Å². The number of ketones is 1. The fraction of sp³-hybridized carbons (Fsp3) is 0.889. The quantitative estimate of drug-likeness (QED) is 0.677. The molecule has 2 nitrogen and oxygen atoms in total. The molecule has 0 spiro atoms. The highest BCUT2D eigenvalue weighted by atomic mass is 79.9. The van der Waals surface area contributed by atoms with Gasteiger partial charge in [0.1, 0.15) is 5.78 Å². The van der Waals surface area contributed by atoms with Crippen molar-refractivity contribution in [2.45, 2.75) is 24.6 Å². The molecule has 1 rings (SSSR count). The van der Waals surface area contributed by atoms with Gasteiger partial charge in [0, 0.05) is 6.54 Å². The van der Waals surface area contributed by atoms with Gasteiger partial charge in [-0.1, -0.05) is 15.9 Å². The Kier molecular flexibility index (Phi) is 3.72. The Morgan fingerprint density at radius 2 is 2.33 bits per heavy atom. The van der Waals surface area contributed by atoms with Gasteiger partial charge < -0.3 is 4.90 Å². The van der Waals surface area contributed by atoms with Gasteiger partial charge in [-0.15, -0.1) is 0 Å². The van der Waals surface area contributed by atoms with Gasteiger partial charge in [-0.2, -0.15) is 0 Å². The molecule has 3 heteroatoms. The van der Waals surface area contributed by atoms with Gasteiger partial charge >= 0.3 is 0 Å². The van der Waals surface area contributed by atoms with E-state index in [4.69, 9.17) is 0 Å². The highest BCUT2D eigenvalue weighted by Gasteiger charge is 2.26. The van der Waals surface area contributed by atoms with Crippen LogP contribution in [0.1, 0.15) is 19.8 Å². The van der Waals surface area contributed by atoms with Crippen LogP contribution in [0.3, 0.4) is 0 Å². The lowest BCUT2D eigenvalue weighted by atomic mass is 9.93. The van der Waals surface area contributed by atoms with Gasteiger partial charge in [-0.3, -0.25) is 4.79 Å². The molecule has 1 aliphatic heterocycles. The molecule has 0 aliphatic carbocycles. The molecule has 0 saturated carbocycles. The lowest BCUT2D eigenvalue weighted by molar-refractivity contribution is -0.117. The summed E-state index contributed by atoms with van der Waals surface area (Å²) >= 11 is 3.46. The Morgan fingerprint density at radius 1 is 1.67 bits per heavy atom. The van der Waals surface area contributed by atoms with Crippen LogP contribution in [0.15, 0.2) is 0 Å². The Bertz CT molecular complexity index is 172. The summed E-state index contributed by atoms with van der Waals surface area (Å²) in [7, 11) is 2.12. The number of alkyl halides is 1. The maximum absolute atomic E-state index is 11.1. The third-order valence-corrected chi connectivity index (χ3v) is 3.86. The Hall–Kier alpha value is 0.110. The molecule has 2 atom stereocenters. The smallest absolute Gasteiger partial charge is 0.143 e. The molecule has 0 amide bonds. The average molecular weight is 234 g/mol. The SMILES string of the molecule is CC(=O)C(Br)C1CCCN(C)C1. The zero-order valence-electron chi connectivity index (χ0n) is 7.72. The van der Waals surface area contributed by atoms with Crippen LogP contribution in [-0.2, 0) is 4.79 Å². The summed E-state index contributed by atoms with van der Waals surface area (Å²) < 4.78 is 0. The molecule has 2 unspecified atom stereocenters. The summed E-state index contributed by atoms with van der Waals surface area (Å²) in [6.45, 7) is 3.89. The minimum atomic E-state index is 0.0697. The fourth-order valence-corrected chi connectivity index (χ4v) is 2.21. The first-order valence-corrected chi connectivity index (χ1v) is 5.36. The molecule has 0 aromatic heterocycles. The maximum atomic E-state index is 11.1. The van der Waals surface area contributed by atoms with Crippen LogP contribution in [0.25, 0.3) is 0 Å². The van der Waals surface area contributed by atoms with E-state index in [9.17, 15) is 4.79 Å². The highest BCUT2D eigenvalue weighted by molar-refractivity contribution is 9.10. The summed E-state index contributed by atoms with van der Waals surface area (Å²) in [4.78, 5) is 13.5. The molecule has 1 heterocycles. The zero-order chi connectivity index (χ0) is 9.14. The van der Waals surface area contributed by atoms with Crippen molar-refractivity contribution in [2.24, 2.45) is 5.92 Å². The minimum absolute atomic E-state index is 0.0697. The summed E-state index contributed by atoms with van der Waals surface area (Å²) in [5.41, 5.74) is 0. The lowest BCUT2D eigenvalue weighted by Crippen LogP contribution is -2.38. The van der Waals surface area contributed by atoms with E-state index in [1.165, 1.54) is 19.4 Å². The Balaban J connectivity index is 2.45. The number of hydrogen-bond donors (Lipinski definition) is 0. The number of halogens is 1. The van der Waals surface area contributed by atoms with E-state index >= 15 is 0 Å². The summed E-state index contributed by atoms with van der Waals surface area (Å²) in [5.74, 6) is 0.775. The van der Waals surface area contributed by atoms with E-state index in [-0.39, 0.29) is 10.6 Å². The third kappa shape index (κ3) is 2.56. The van der Waals surface area contributed by atoms with Crippen LogP contribution < -0.4 is 0 Å². The number of carbonyl (C=O) groups excluding carboxylic acids is 1. The molecule has 70 valence electrons.